The summed E-state index contributed by atoms with van der Waals surface area (Å²) in [6.45, 7) is 2.74. The van der Waals surface area contributed by atoms with Crippen LogP contribution in [-0.4, -0.2) is 38.4 Å². The van der Waals surface area contributed by atoms with Crippen molar-refractivity contribution in [1.29, 1.82) is 0 Å². The molecule has 1 saturated heterocycles. The summed E-state index contributed by atoms with van der Waals surface area (Å²) in [5.41, 5.74) is 3.42. The zero-order valence-electron chi connectivity index (χ0n) is 18.0. The van der Waals surface area contributed by atoms with E-state index in [1.165, 1.54) is 17.7 Å². The van der Waals surface area contributed by atoms with Crippen molar-refractivity contribution in [3.8, 4) is 11.5 Å². The first-order valence-electron chi connectivity index (χ1n) is 10.5. The van der Waals surface area contributed by atoms with Gasteiger partial charge in [0.15, 0.2) is 0 Å². The lowest BCUT2D eigenvalue weighted by Crippen LogP contribution is -2.38. The molecular weight excluding hydrogens is 393 g/mol. The summed E-state index contributed by atoms with van der Waals surface area (Å²) in [6, 6.07) is 23.2. The predicted octanol–water partition coefficient (Wildman–Crippen LogP) is 5.03. The van der Waals surface area contributed by atoms with Crippen molar-refractivity contribution in [3.05, 3.63) is 95.3 Å². The first-order chi connectivity index (χ1) is 15.2. The van der Waals surface area contributed by atoms with Crippen LogP contribution in [0.15, 0.2) is 72.8 Å². The molecule has 0 bridgehead atoms. The van der Waals surface area contributed by atoms with E-state index in [9.17, 15) is 4.39 Å². The Hall–Kier alpha value is -2.89. The van der Waals surface area contributed by atoms with Gasteiger partial charge in [-0.05, 0) is 41.5 Å². The molecule has 0 amide bonds. The lowest BCUT2D eigenvalue weighted by Gasteiger charge is -2.32. The molecule has 0 radical (unpaired) electrons. The Morgan fingerprint density at radius 1 is 0.871 bits per heavy atom. The van der Waals surface area contributed by atoms with E-state index in [0.717, 1.165) is 35.7 Å². The molecule has 2 atom stereocenters. The number of hydrogen-bond donors (Lipinski definition) is 0. The molecule has 162 valence electrons. The molecule has 4 rings (SSSR count). The second-order valence-electron chi connectivity index (χ2n) is 7.83. The number of halogens is 1. The standard InChI is InChI=1S/C26H28FNO3/c1-29-23-13-7-19(8-14-23)15-28(16-21-5-3-4-6-26(21)30-2)25-18-31-17-24(25)20-9-11-22(27)12-10-20/h3-14,24-25H,15-18H2,1-2H3/t24-,25+/m0/s1. The molecule has 4 nitrogen and oxygen atoms in total. The molecule has 0 saturated carbocycles. The maximum Gasteiger partial charge on any atom is 0.123 e. The minimum atomic E-state index is -0.219. The summed E-state index contributed by atoms with van der Waals surface area (Å²) in [5, 5.41) is 0. The van der Waals surface area contributed by atoms with E-state index in [2.05, 4.69) is 23.1 Å². The Kier molecular flexibility index (Phi) is 6.85. The third-order valence-corrected chi connectivity index (χ3v) is 5.93. The van der Waals surface area contributed by atoms with Crippen LogP contribution < -0.4 is 9.47 Å². The molecule has 0 aliphatic carbocycles. The van der Waals surface area contributed by atoms with Crippen LogP contribution in [-0.2, 0) is 17.8 Å². The van der Waals surface area contributed by atoms with E-state index in [1.54, 1.807) is 14.2 Å². The molecule has 1 aliphatic rings. The Labute approximate surface area is 183 Å². The van der Waals surface area contributed by atoms with Gasteiger partial charge in [-0.2, -0.15) is 0 Å². The smallest absolute Gasteiger partial charge is 0.123 e. The summed E-state index contributed by atoms with van der Waals surface area (Å²) in [4.78, 5) is 2.43. The number of para-hydroxylation sites is 1. The number of rotatable bonds is 8. The maximum atomic E-state index is 13.5. The molecule has 0 spiro atoms. The Bertz CT molecular complexity index is 975. The van der Waals surface area contributed by atoms with Crippen LogP contribution >= 0.6 is 0 Å². The number of methoxy groups -OCH3 is 2. The zero-order valence-corrected chi connectivity index (χ0v) is 18.0. The topological polar surface area (TPSA) is 30.9 Å². The average Bonchev–Trinajstić information content (AvgIpc) is 3.30. The van der Waals surface area contributed by atoms with Gasteiger partial charge >= 0.3 is 0 Å². The zero-order chi connectivity index (χ0) is 21.6. The van der Waals surface area contributed by atoms with E-state index in [1.807, 2.05) is 42.5 Å². The van der Waals surface area contributed by atoms with Crippen LogP contribution in [0.3, 0.4) is 0 Å². The van der Waals surface area contributed by atoms with E-state index in [-0.39, 0.29) is 17.8 Å². The summed E-state index contributed by atoms with van der Waals surface area (Å²) in [5.74, 6) is 1.67. The Morgan fingerprint density at radius 2 is 1.61 bits per heavy atom. The van der Waals surface area contributed by atoms with Crippen molar-refractivity contribution < 1.29 is 18.6 Å². The van der Waals surface area contributed by atoms with Crippen LogP contribution in [0.4, 0.5) is 4.39 Å². The number of hydrogen-bond acceptors (Lipinski definition) is 4. The highest BCUT2D eigenvalue weighted by Crippen LogP contribution is 2.33. The van der Waals surface area contributed by atoms with Gasteiger partial charge in [-0.1, -0.05) is 42.5 Å². The van der Waals surface area contributed by atoms with Gasteiger partial charge < -0.3 is 14.2 Å². The molecule has 1 aliphatic heterocycles. The van der Waals surface area contributed by atoms with Crippen molar-refractivity contribution in [1.82, 2.24) is 4.90 Å². The van der Waals surface area contributed by atoms with Crippen LogP contribution in [0.25, 0.3) is 0 Å². The summed E-state index contributed by atoms with van der Waals surface area (Å²) in [6.07, 6.45) is 0. The van der Waals surface area contributed by atoms with E-state index >= 15 is 0 Å². The van der Waals surface area contributed by atoms with Gasteiger partial charge in [0.05, 0.1) is 27.4 Å². The predicted molar refractivity (Wildman–Crippen MR) is 119 cm³/mol. The molecule has 5 heteroatoms. The van der Waals surface area contributed by atoms with Crippen LogP contribution in [0.2, 0.25) is 0 Å². The molecule has 1 heterocycles. The van der Waals surface area contributed by atoms with E-state index < -0.39 is 0 Å². The minimum absolute atomic E-state index is 0.164. The molecule has 3 aromatic rings. The second kappa shape index (κ2) is 9.94. The molecule has 0 unspecified atom stereocenters. The largest absolute Gasteiger partial charge is 0.497 e. The van der Waals surface area contributed by atoms with Crippen molar-refractivity contribution >= 4 is 0 Å². The Balaban J connectivity index is 1.63. The summed E-state index contributed by atoms with van der Waals surface area (Å²) in [7, 11) is 3.37. The third-order valence-electron chi connectivity index (χ3n) is 5.93. The Morgan fingerprint density at radius 3 is 2.32 bits per heavy atom. The van der Waals surface area contributed by atoms with Gasteiger partial charge in [0.25, 0.3) is 0 Å². The minimum Gasteiger partial charge on any atom is -0.497 e. The van der Waals surface area contributed by atoms with E-state index in [4.69, 9.17) is 14.2 Å². The van der Waals surface area contributed by atoms with Gasteiger partial charge in [0.1, 0.15) is 17.3 Å². The van der Waals surface area contributed by atoms with Crippen molar-refractivity contribution in [2.75, 3.05) is 27.4 Å². The molecular formula is C26H28FNO3. The van der Waals surface area contributed by atoms with Gasteiger partial charge in [0.2, 0.25) is 0 Å². The average molecular weight is 422 g/mol. The number of ether oxygens (including phenoxy) is 3. The first kappa shape index (κ1) is 21.3. The van der Waals surface area contributed by atoms with Crippen molar-refractivity contribution in [2.24, 2.45) is 0 Å². The number of nitrogens with zero attached hydrogens (tertiary/aromatic N) is 1. The highest BCUT2D eigenvalue weighted by Gasteiger charge is 2.34. The SMILES string of the molecule is COc1ccc(CN(Cc2ccccc2OC)[C@@H]2COC[C@H]2c2ccc(F)cc2)cc1. The summed E-state index contributed by atoms with van der Waals surface area (Å²) < 4.78 is 30.3. The fraction of sp³-hybridized carbons (Fsp3) is 0.308. The first-order valence-corrected chi connectivity index (χ1v) is 10.5. The monoisotopic (exact) mass is 421 g/mol. The number of benzene rings is 3. The van der Waals surface area contributed by atoms with Gasteiger partial charge in [-0.25, -0.2) is 4.39 Å². The molecule has 1 fully saturated rings. The van der Waals surface area contributed by atoms with Gasteiger partial charge in [0, 0.05) is 30.6 Å². The normalized spacial score (nSPS) is 18.3. The lowest BCUT2D eigenvalue weighted by molar-refractivity contribution is 0.131. The molecule has 0 N–H and O–H groups in total. The molecule has 3 aromatic carbocycles. The fourth-order valence-corrected chi connectivity index (χ4v) is 4.24. The molecule has 0 aromatic heterocycles. The maximum absolute atomic E-state index is 13.5. The second-order valence-corrected chi connectivity index (χ2v) is 7.83. The van der Waals surface area contributed by atoms with Crippen molar-refractivity contribution in [3.63, 3.8) is 0 Å². The highest BCUT2D eigenvalue weighted by atomic mass is 19.1. The van der Waals surface area contributed by atoms with Crippen molar-refractivity contribution in [2.45, 2.75) is 25.0 Å². The summed E-state index contributed by atoms with van der Waals surface area (Å²) >= 11 is 0. The third kappa shape index (κ3) is 5.06. The van der Waals surface area contributed by atoms with Gasteiger partial charge in [-0.3, -0.25) is 4.90 Å². The van der Waals surface area contributed by atoms with Crippen LogP contribution in [0.5, 0.6) is 11.5 Å². The van der Waals surface area contributed by atoms with Gasteiger partial charge in [-0.15, -0.1) is 0 Å². The lowest BCUT2D eigenvalue weighted by atomic mass is 9.92. The van der Waals surface area contributed by atoms with Crippen LogP contribution in [0.1, 0.15) is 22.6 Å². The fourth-order valence-electron chi connectivity index (χ4n) is 4.24. The van der Waals surface area contributed by atoms with Crippen LogP contribution in [0, 0.1) is 5.82 Å². The quantitative estimate of drug-likeness (QED) is 0.511. The van der Waals surface area contributed by atoms with E-state index in [0.29, 0.717) is 13.2 Å². The molecule has 31 heavy (non-hydrogen) atoms. The highest BCUT2D eigenvalue weighted by molar-refractivity contribution is 5.34.